The minimum Gasteiger partial charge on any atom is -0.472 e. The van der Waals surface area contributed by atoms with Gasteiger partial charge in [0.2, 0.25) is 11.8 Å². The van der Waals surface area contributed by atoms with Crippen LogP contribution in [0.3, 0.4) is 0 Å². The Morgan fingerprint density at radius 3 is 2.70 bits per heavy atom. The first-order valence-electron chi connectivity index (χ1n) is 18.8. The number of likely N-dealkylation sites (tertiary alicyclic amines) is 2. The van der Waals surface area contributed by atoms with Crippen LogP contribution in [0.25, 0.3) is 32.9 Å². The Labute approximate surface area is 293 Å². The lowest BCUT2D eigenvalue weighted by molar-refractivity contribution is -0.129. The summed E-state index contributed by atoms with van der Waals surface area (Å²) in [6, 6.07) is 13.7. The van der Waals surface area contributed by atoms with Crippen LogP contribution in [0.1, 0.15) is 99.2 Å². The van der Waals surface area contributed by atoms with Crippen LogP contribution in [0.2, 0.25) is 0 Å². The van der Waals surface area contributed by atoms with E-state index in [1.54, 1.807) is 6.92 Å². The Morgan fingerprint density at radius 1 is 1.14 bits per heavy atom. The molecule has 1 amide bonds. The minimum absolute atomic E-state index is 0.0508. The molecule has 7 atom stereocenters. The van der Waals surface area contributed by atoms with Crippen molar-refractivity contribution in [2.75, 3.05) is 26.7 Å². The number of aromatic nitrogens is 2. The first-order chi connectivity index (χ1) is 24.2. The van der Waals surface area contributed by atoms with Gasteiger partial charge in [0.25, 0.3) is 0 Å². The van der Waals surface area contributed by atoms with Crippen molar-refractivity contribution in [2.45, 2.75) is 108 Å². The summed E-state index contributed by atoms with van der Waals surface area (Å²) in [5.74, 6) is 0.406. The molecule has 0 radical (unpaired) electrons. The lowest BCUT2D eigenvalue weighted by Crippen LogP contribution is -2.40. The van der Waals surface area contributed by atoms with Gasteiger partial charge in [-0.2, -0.15) is 5.26 Å². The van der Waals surface area contributed by atoms with Gasteiger partial charge < -0.3 is 19.5 Å². The number of likely N-dealkylation sites (N-methyl/N-ethyl adjacent to an activating group) is 1. The molecule has 2 aliphatic carbocycles. The maximum absolute atomic E-state index is 17.6. The molecule has 9 heteroatoms. The lowest BCUT2D eigenvalue weighted by atomic mass is 9.78. The van der Waals surface area contributed by atoms with E-state index in [0.717, 1.165) is 115 Å². The van der Waals surface area contributed by atoms with Crippen molar-refractivity contribution in [3.05, 3.63) is 58.5 Å². The molecule has 4 aromatic rings. The molecule has 260 valence electrons. The average molecular weight is 675 g/mol. The topological polar surface area (TPSA) is 86.4 Å². The van der Waals surface area contributed by atoms with Gasteiger partial charge in [0.1, 0.15) is 11.6 Å². The van der Waals surface area contributed by atoms with E-state index in [0.29, 0.717) is 28.9 Å². The van der Waals surface area contributed by atoms with Gasteiger partial charge in [-0.3, -0.25) is 9.69 Å². The maximum Gasteiger partial charge on any atom is 0.223 e. The Hall–Kier alpha value is -4.00. The Balaban J connectivity index is 1.32. The highest BCUT2D eigenvalue weighted by atomic mass is 19.1. The molecule has 0 spiro atoms. The van der Waals surface area contributed by atoms with Crippen molar-refractivity contribution in [3.63, 3.8) is 0 Å². The summed E-state index contributed by atoms with van der Waals surface area (Å²) in [5, 5.41) is 15.6. The van der Waals surface area contributed by atoms with Gasteiger partial charge in [-0.1, -0.05) is 18.2 Å². The number of fused-ring (bicyclic) bond motifs is 5. The molecule has 1 unspecified atom stereocenters. The molecule has 1 N–H and O–H groups in total. The SMILES string of the molecule is CC(=O)N1CCC[C@@H]1c1cc2c(O[C@@H](C)[C@@H]3CCCN3C)nc3c(F)c(-c4cccc5c4C(C#N)CCC5)c(C)cc3c2n1[C@H]1[C@H]2CN[C@@H]1C2. The third kappa shape index (κ3) is 4.74. The molecule has 10 rings (SSSR count). The summed E-state index contributed by atoms with van der Waals surface area (Å²) in [6.07, 6.45) is 7.64. The van der Waals surface area contributed by atoms with Gasteiger partial charge in [-0.25, -0.2) is 9.37 Å². The Kier molecular flexibility index (Phi) is 7.70. The third-order valence-electron chi connectivity index (χ3n) is 12.9. The van der Waals surface area contributed by atoms with Gasteiger partial charge in [-0.15, -0.1) is 0 Å². The number of nitriles is 1. The number of benzene rings is 2. The molecular weight excluding hydrogens is 627 g/mol. The number of hydrogen-bond donors (Lipinski definition) is 1. The van der Waals surface area contributed by atoms with E-state index in [-0.39, 0.29) is 41.9 Å². The molecule has 2 aromatic heterocycles. The number of hydrogen-bond acceptors (Lipinski definition) is 6. The van der Waals surface area contributed by atoms with E-state index in [2.05, 4.69) is 53.0 Å². The monoisotopic (exact) mass is 674 g/mol. The van der Waals surface area contributed by atoms with E-state index in [1.807, 2.05) is 24.0 Å². The molecule has 2 bridgehead atoms. The number of pyridine rings is 1. The van der Waals surface area contributed by atoms with Crippen molar-refractivity contribution in [2.24, 2.45) is 5.92 Å². The molecule has 50 heavy (non-hydrogen) atoms. The fourth-order valence-corrected chi connectivity index (χ4v) is 10.5. The minimum atomic E-state index is -0.358. The van der Waals surface area contributed by atoms with Gasteiger partial charge >= 0.3 is 0 Å². The second-order valence-electron chi connectivity index (χ2n) is 15.7. The van der Waals surface area contributed by atoms with Crippen LogP contribution >= 0.6 is 0 Å². The smallest absolute Gasteiger partial charge is 0.223 e. The third-order valence-corrected chi connectivity index (χ3v) is 12.9. The number of amides is 1. The van der Waals surface area contributed by atoms with E-state index < -0.39 is 0 Å². The highest BCUT2D eigenvalue weighted by molar-refractivity contribution is 6.09. The van der Waals surface area contributed by atoms with Crippen LogP contribution in [0.4, 0.5) is 4.39 Å². The van der Waals surface area contributed by atoms with Crippen LogP contribution in [-0.2, 0) is 11.2 Å². The van der Waals surface area contributed by atoms with Crippen LogP contribution in [-0.4, -0.2) is 70.1 Å². The molecule has 6 aliphatic rings. The van der Waals surface area contributed by atoms with Gasteiger partial charge in [-0.05, 0) is 119 Å². The quantitative estimate of drug-likeness (QED) is 0.231. The summed E-state index contributed by atoms with van der Waals surface area (Å²) in [4.78, 5) is 22.4. The number of rotatable bonds is 6. The summed E-state index contributed by atoms with van der Waals surface area (Å²) >= 11 is 0. The van der Waals surface area contributed by atoms with E-state index >= 15 is 4.39 Å². The normalized spacial score (nSPS) is 28.2. The number of nitrogens with one attached hydrogen (secondary N) is 1. The molecule has 6 heterocycles. The average Bonchev–Trinajstić information content (AvgIpc) is 3.94. The second kappa shape index (κ2) is 12.1. The van der Waals surface area contributed by atoms with Crippen LogP contribution in [0.15, 0.2) is 30.3 Å². The number of aryl methyl sites for hydroxylation is 2. The number of nitrogens with zero attached hydrogens (tertiary/aromatic N) is 5. The molecule has 4 saturated heterocycles. The highest BCUT2D eigenvalue weighted by Crippen LogP contribution is 2.51. The van der Waals surface area contributed by atoms with Gasteiger partial charge in [0.05, 0.1) is 35.0 Å². The number of ether oxygens (including phenoxy) is 1. The number of carbonyl (C=O) groups is 1. The van der Waals surface area contributed by atoms with Crippen molar-refractivity contribution < 1.29 is 13.9 Å². The first-order valence-corrected chi connectivity index (χ1v) is 18.8. The fraction of sp³-hybridized carbons (Fsp3) is 0.537. The van der Waals surface area contributed by atoms with Gasteiger partial charge in [0, 0.05) is 48.7 Å². The van der Waals surface area contributed by atoms with Crippen molar-refractivity contribution >= 4 is 27.7 Å². The summed E-state index contributed by atoms with van der Waals surface area (Å²) < 4.78 is 27.0. The fourth-order valence-electron chi connectivity index (χ4n) is 10.5. The molecule has 2 aromatic carbocycles. The standard InChI is InChI=1S/C41H47FN6O2/c1-22-17-29-38(37(42)35(22)28-12-6-10-25-9-5-11-26(20-43)36(25)28)45-41(50-23(2)32-13-7-15-46(32)4)30-19-34(33-14-8-16-47(33)24(3)49)48(40(29)30)39-27-18-31(39)44-21-27/h6,10,12,17,19,23,26-27,31-33,39,44H,5,7-9,11,13-16,18,21H2,1-4H3/t23-,26?,27+,31+,32-,33+,39-/m0/s1. The van der Waals surface area contributed by atoms with E-state index in [1.165, 1.54) is 0 Å². The predicted octanol–water partition coefficient (Wildman–Crippen LogP) is 7.33. The number of carbonyl (C=O) groups excluding carboxylic acids is 1. The van der Waals surface area contributed by atoms with Crippen LogP contribution in [0.5, 0.6) is 5.88 Å². The second-order valence-corrected chi connectivity index (χ2v) is 15.7. The zero-order valence-corrected chi connectivity index (χ0v) is 29.6. The maximum atomic E-state index is 17.6. The largest absolute Gasteiger partial charge is 0.472 e. The Bertz CT molecular complexity index is 2070. The van der Waals surface area contributed by atoms with Gasteiger partial charge in [0.15, 0.2) is 5.82 Å². The molecular formula is C41H47FN6O2. The van der Waals surface area contributed by atoms with E-state index in [4.69, 9.17) is 9.72 Å². The summed E-state index contributed by atoms with van der Waals surface area (Å²) in [6.45, 7) is 8.51. The zero-order valence-electron chi connectivity index (χ0n) is 29.6. The highest BCUT2D eigenvalue weighted by Gasteiger charge is 2.50. The number of halogens is 1. The van der Waals surface area contributed by atoms with Crippen molar-refractivity contribution in [1.29, 1.82) is 5.26 Å². The van der Waals surface area contributed by atoms with Crippen molar-refractivity contribution in [1.82, 2.24) is 24.7 Å². The molecule has 1 saturated carbocycles. The lowest BCUT2D eigenvalue weighted by Gasteiger charge is -2.39. The molecule has 5 fully saturated rings. The molecule has 4 aliphatic heterocycles. The molecule has 8 nitrogen and oxygen atoms in total. The van der Waals surface area contributed by atoms with E-state index in [9.17, 15) is 10.1 Å². The first kappa shape index (κ1) is 31.9. The Morgan fingerprint density at radius 2 is 1.98 bits per heavy atom. The van der Waals surface area contributed by atoms with Crippen LogP contribution in [0, 0.1) is 30.0 Å². The summed E-state index contributed by atoms with van der Waals surface area (Å²) in [7, 11) is 2.15. The van der Waals surface area contributed by atoms with Crippen LogP contribution < -0.4 is 10.1 Å². The summed E-state index contributed by atoms with van der Waals surface area (Å²) in [5.41, 5.74) is 6.64. The predicted molar refractivity (Wildman–Crippen MR) is 193 cm³/mol. The van der Waals surface area contributed by atoms with Crippen molar-refractivity contribution in [3.8, 4) is 23.1 Å². The zero-order chi connectivity index (χ0) is 34.4.